The van der Waals surface area contributed by atoms with Gasteiger partial charge in [-0.05, 0) is 29.8 Å². The maximum Gasteiger partial charge on any atom is 0.231 e. The molecule has 2 aromatic carbocycles. The van der Waals surface area contributed by atoms with Crippen LogP contribution >= 0.6 is 0 Å². The predicted molar refractivity (Wildman–Crippen MR) is 91.6 cm³/mol. The third-order valence-corrected chi connectivity index (χ3v) is 3.77. The Balaban J connectivity index is 1.43. The number of hydrogen-bond acceptors (Lipinski definition) is 6. The molecule has 0 atom stereocenters. The van der Waals surface area contributed by atoms with Crippen molar-refractivity contribution in [3.05, 3.63) is 66.0 Å². The average molecular weight is 356 g/mol. The Morgan fingerprint density at radius 2 is 1.73 bits per heavy atom. The summed E-state index contributed by atoms with van der Waals surface area (Å²) in [5.41, 5.74) is 1.40. The first kappa shape index (κ1) is 16.1. The van der Waals surface area contributed by atoms with E-state index in [1.807, 2.05) is 18.2 Å². The smallest absolute Gasteiger partial charge is 0.231 e. The van der Waals surface area contributed by atoms with Crippen LogP contribution in [0.3, 0.4) is 0 Å². The van der Waals surface area contributed by atoms with Gasteiger partial charge in [-0.2, -0.15) is 0 Å². The topological polar surface area (TPSA) is 68.3 Å². The molecule has 8 heteroatoms. The van der Waals surface area contributed by atoms with Crippen LogP contribution in [0.25, 0.3) is 0 Å². The Kier molecular flexibility index (Phi) is 4.22. The van der Waals surface area contributed by atoms with Gasteiger partial charge in [0.25, 0.3) is 0 Å². The van der Waals surface area contributed by atoms with Crippen molar-refractivity contribution in [3.63, 3.8) is 0 Å². The van der Waals surface area contributed by atoms with Gasteiger partial charge < -0.3 is 20.1 Å². The standard InChI is InChI=1S/C18H14F2N4O2/c19-13-3-2-12(6-14(13)20)24-18-7-17(22-9-23-18)21-8-11-1-4-15-16(5-11)26-10-25-15/h1-7,9H,8,10H2,(H2,21,22,23,24). The predicted octanol–water partition coefficient (Wildman–Crippen LogP) is 3.84. The Hall–Kier alpha value is -3.42. The van der Waals surface area contributed by atoms with Gasteiger partial charge in [0.15, 0.2) is 23.1 Å². The molecule has 0 saturated carbocycles. The monoisotopic (exact) mass is 356 g/mol. The molecule has 26 heavy (non-hydrogen) atoms. The lowest BCUT2D eigenvalue weighted by Gasteiger charge is -2.09. The Morgan fingerprint density at radius 1 is 0.885 bits per heavy atom. The molecular weight excluding hydrogens is 342 g/mol. The highest BCUT2D eigenvalue weighted by molar-refractivity contribution is 5.59. The summed E-state index contributed by atoms with van der Waals surface area (Å²) in [6, 6.07) is 10.9. The highest BCUT2D eigenvalue weighted by Crippen LogP contribution is 2.32. The number of benzene rings is 2. The molecule has 1 aliphatic rings. The highest BCUT2D eigenvalue weighted by atomic mass is 19.2. The second-order valence-corrected chi connectivity index (χ2v) is 5.58. The van der Waals surface area contributed by atoms with Crippen LogP contribution in [0.2, 0.25) is 0 Å². The van der Waals surface area contributed by atoms with E-state index in [-0.39, 0.29) is 6.79 Å². The van der Waals surface area contributed by atoms with Crippen LogP contribution in [0, 0.1) is 11.6 Å². The normalized spacial score (nSPS) is 12.1. The van der Waals surface area contributed by atoms with E-state index in [1.54, 1.807) is 6.07 Å². The zero-order chi connectivity index (χ0) is 17.9. The SMILES string of the molecule is Fc1ccc(Nc2cc(NCc3ccc4c(c3)OCO4)ncn2)cc1F. The van der Waals surface area contributed by atoms with E-state index in [1.165, 1.54) is 12.4 Å². The van der Waals surface area contributed by atoms with Crippen molar-refractivity contribution in [2.24, 2.45) is 0 Å². The van der Waals surface area contributed by atoms with Gasteiger partial charge in [-0.25, -0.2) is 18.7 Å². The lowest BCUT2D eigenvalue weighted by atomic mass is 10.2. The minimum atomic E-state index is -0.926. The first-order chi connectivity index (χ1) is 12.7. The summed E-state index contributed by atoms with van der Waals surface area (Å²) in [6.07, 6.45) is 1.38. The number of anilines is 3. The van der Waals surface area contributed by atoms with E-state index in [4.69, 9.17) is 9.47 Å². The lowest BCUT2D eigenvalue weighted by molar-refractivity contribution is 0.174. The van der Waals surface area contributed by atoms with E-state index < -0.39 is 11.6 Å². The fourth-order valence-corrected chi connectivity index (χ4v) is 2.49. The zero-order valence-electron chi connectivity index (χ0n) is 13.5. The zero-order valence-corrected chi connectivity index (χ0v) is 13.5. The van der Waals surface area contributed by atoms with Gasteiger partial charge in [0.2, 0.25) is 6.79 Å². The van der Waals surface area contributed by atoms with Crippen LogP contribution in [0.15, 0.2) is 48.8 Å². The quantitative estimate of drug-likeness (QED) is 0.724. The van der Waals surface area contributed by atoms with Gasteiger partial charge in [0.05, 0.1) is 0 Å². The van der Waals surface area contributed by atoms with Crippen LogP contribution in [-0.2, 0) is 6.54 Å². The third kappa shape index (κ3) is 3.49. The fraction of sp³-hybridized carbons (Fsp3) is 0.111. The molecule has 2 heterocycles. The number of halogens is 2. The molecule has 0 unspecified atom stereocenters. The molecule has 6 nitrogen and oxygen atoms in total. The summed E-state index contributed by atoms with van der Waals surface area (Å²) in [5, 5.41) is 6.09. The van der Waals surface area contributed by atoms with Crippen LogP contribution < -0.4 is 20.1 Å². The first-order valence-corrected chi connectivity index (χ1v) is 7.84. The number of fused-ring (bicyclic) bond motifs is 1. The molecule has 0 spiro atoms. The first-order valence-electron chi connectivity index (χ1n) is 7.84. The Bertz CT molecular complexity index is 952. The van der Waals surface area contributed by atoms with Gasteiger partial charge in [-0.3, -0.25) is 0 Å². The van der Waals surface area contributed by atoms with Crippen LogP contribution in [-0.4, -0.2) is 16.8 Å². The van der Waals surface area contributed by atoms with Crippen molar-refractivity contribution in [1.29, 1.82) is 0 Å². The van der Waals surface area contributed by atoms with Gasteiger partial charge in [0.1, 0.15) is 18.0 Å². The third-order valence-electron chi connectivity index (χ3n) is 3.77. The highest BCUT2D eigenvalue weighted by Gasteiger charge is 2.13. The Labute approximate surface area is 147 Å². The van der Waals surface area contributed by atoms with E-state index in [9.17, 15) is 8.78 Å². The number of hydrogen-bond donors (Lipinski definition) is 2. The molecule has 3 aromatic rings. The number of ether oxygens (including phenoxy) is 2. The summed E-state index contributed by atoms with van der Waals surface area (Å²) < 4.78 is 36.9. The second kappa shape index (κ2) is 6.83. The number of aromatic nitrogens is 2. The Morgan fingerprint density at radius 3 is 2.62 bits per heavy atom. The minimum Gasteiger partial charge on any atom is -0.454 e. The summed E-state index contributed by atoms with van der Waals surface area (Å²) in [5.74, 6) is 0.665. The van der Waals surface area contributed by atoms with Gasteiger partial charge in [-0.1, -0.05) is 6.07 Å². The van der Waals surface area contributed by atoms with E-state index in [2.05, 4.69) is 20.6 Å². The number of nitrogens with one attached hydrogen (secondary N) is 2. The van der Waals surface area contributed by atoms with Crippen LogP contribution in [0.4, 0.5) is 26.1 Å². The minimum absolute atomic E-state index is 0.233. The molecule has 1 aromatic heterocycles. The van der Waals surface area contributed by atoms with Crippen molar-refractivity contribution < 1.29 is 18.3 Å². The van der Waals surface area contributed by atoms with Gasteiger partial charge in [0, 0.05) is 24.4 Å². The molecule has 0 amide bonds. The van der Waals surface area contributed by atoms with Crippen molar-refractivity contribution in [3.8, 4) is 11.5 Å². The molecule has 0 saturated heterocycles. The maximum absolute atomic E-state index is 13.3. The summed E-state index contributed by atoms with van der Waals surface area (Å²) in [7, 11) is 0. The van der Waals surface area contributed by atoms with E-state index >= 15 is 0 Å². The number of rotatable bonds is 5. The van der Waals surface area contributed by atoms with E-state index in [0.717, 1.165) is 23.4 Å². The maximum atomic E-state index is 13.3. The van der Waals surface area contributed by atoms with Gasteiger partial charge in [-0.15, -0.1) is 0 Å². The second-order valence-electron chi connectivity index (χ2n) is 5.58. The average Bonchev–Trinajstić information content (AvgIpc) is 3.11. The summed E-state index contributed by atoms with van der Waals surface area (Å²) >= 11 is 0. The van der Waals surface area contributed by atoms with Crippen molar-refractivity contribution in [2.45, 2.75) is 6.54 Å². The molecular formula is C18H14F2N4O2. The van der Waals surface area contributed by atoms with Gasteiger partial charge >= 0.3 is 0 Å². The largest absolute Gasteiger partial charge is 0.454 e. The fourth-order valence-electron chi connectivity index (χ4n) is 2.49. The van der Waals surface area contributed by atoms with Crippen molar-refractivity contribution >= 4 is 17.3 Å². The molecule has 2 N–H and O–H groups in total. The van der Waals surface area contributed by atoms with Crippen molar-refractivity contribution in [2.75, 3.05) is 17.4 Å². The molecule has 0 fully saturated rings. The van der Waals surface area contributed by atoms with Crippen LogP contribution in [0.5, 0.6) is 11.5 Å². The molecule has 132 valence electrons. The number of nitrogens with zero attached hydrogens (tertiary/aromatic N) is 2. The summed E-state index contributed by atoms with van der Waals surface area (Å²) in [6.45, 7) is 0.759. The molecule has 0 bridgehead atoms. The van der Waals surface area contributed by atoms with E-state index in [0.29, 0.717) is 29.6 Å². The molecule has 1 aliphatic heterocycles. The van der Waals surface area contributed by atoms with Crippen LogP contribution in [0.1, 0.15) is 5.56 Å². The summed E-state index contributed by atoms with van der Waals surface area (Å²) in [4.78, 5) is 8.22. The lowest BCUT2D eigenvalue weighted by Crippen LogP contribution is -2.03. The molecule has 4 rings (SSSR count). The van der Waals surface area contributed by atoms with Crippen molar-refractivity contribution in [1.82, 2.24) is 9.97 Å². The molecule has 0 aliphatic carbocycles. The molecule has 0 radical (unpaired) electrons.